The van der Waals surface area contributed by atoms with E-state index in [2.05, 4.69) is 5.32 Å². The second-order valence-corrected chi connectivity index (χ2v) is 6.59. The van der Waals surface area contributed by atoms with E-state index in [1.165, 1.54) is 0 Å². The van der Waals surface area contributed by atoms with Crippen LogP contribution in [0.2, 0.25) is 5.02 Å². The molecular formula is C20H19ClN2O3. The van der Waals surface area contributed by atoms with Crippen molar-refractivity contribution in [2.24, 2.45) is 0 Å². The van der Waals surface area contributed by atoms with Crippen LogP contribution in [0.3, 0.4) is 0 Å². The smallest absolute Gasteiger partial charge is 0.252 e. The maximum absolute atomic E-state index is 12.7. The normalized spacial score (nSPS) is 13.5. The standard InChI is InChI=1S/C20H19ClN2O3/c21-15-9-7-14(8-10-15)19(25)16-5-1-2-6-17(16)20(26)22-13-18(24)23-11-3-4-12-23/h1-2,5-10H,3-4,11-13H2,(H,22,26). The Morgan fingerprint density at radius 2 is 1.54 bits per heavy atom. The van der Waals surface area contributed by atoms with Crippen molar-refractivity contribution in [2.75, 3.05) is 19.6 Å². The van der Waals surface area contributed by atoms with E-state index in [4.69, 9.17) is 11.6 Å². The molecule has 0 aromatic heterocycles. The molecule has 1 aliphatic heterocycles. The van der Waals surface area contributed by atoms with Crippen molar-refractivity contribution < 1.29 is 14.4 Å². The number of likely N-dealkylation sites (tertiary alicyclic amines) is 1. The molecule has 1 fully saturated rings. The minimum Gasteiger partial charge on any atom is -0.343 e. The van der Waals surface area contributed by atoms with E-state index < -0.39 is 5.91 Å². The van der Waals surface area contributed by atoms with Crippen LogP contribution in [0, 0.1) is 0 Å². The van der Waals surface area contributed by atoms with E-state index in [-0.39, 0.29) is 23.8 Å². The topological polar surface area (TPSA) is 66.5 Å². The number of halogens is 1. The second kappa shape index (κ2) is 8.15. The van der Waals surface area contributed by atoms with E-state index in [1.807, 2.05) is 0 Å². The first-order chi connectivity index (χ1) is 12.6. The average molecular weight is 371 g/mol. The summed E-state index contributed by atoms with van der Waals surface area (Å²) in [6.45, 7) is 1.41. The van der Waals surface area contributed by atoms with Crippen LogP contribution >= 0.6 is 11.6 Å². The third kappa shape index (κ3) is 4.11. The molecule has 0 aliphatic carbocycles. The van der Waals surface area contributed by atoms with Crippen molar-refractivity contribution in [3.05, 3.63) is 70.2 Å². The molecule has 2 aromatic carbocycles. The molecule has 0 radical (unpaired) electrons. The number of carbonyl (C=O) groups excluding carboxylic acids is 3. The lowest BCUT2D eigenvalue weighted by Gasteiger charge is -2.16. The summed E-state index contributed by atoms with van der Waals surface area (Å²) in [5.74, 6) is -0.800. The number of hydrogen-bond donors (Lipinski definition) is 1. The lowest BCUT2D eigenvalue weighted by molar-refractivity contribution is -0.129. The van der Waals surface area contributed by atoms with Gasteiger partial charge >= 0.3 is 0 Å². The number of hydrogen-bond acceptors (Lipinski definition) is 3. The van der Waals surface area contributed by atoms with Gasteiger partial charge in [0.15, 0.2) is 5.78 Å². The van der Waals surface area contributed by atoms with E-state index >= 15 is 0 Å². The van der Waals surface area contributed by atoms with Gasteiger partial charge in [0.25, 0.3) is 5.91 Å². The number of nitrogens with one attached hydrogen (secondary N) is 1. The summed E-state index contributed by atoms with van der Waals surface area (Å²) >= 11 is 5.86. The predicted molar refractivity (Wildman–Crippen MR) is 99.5 cm³/mol. The Hall–Kier alpha value is -2.66. The lowest BCUT2D eigenvalue weighted by Crippen LogP contribution is -2.39. The number of ketones is 1. The van der Waals surface area contributed by atoms with Gasteiger partial charge in [-0.3, -0.25) is 14.4 Å². The number of benzene rings is 2. The molecule has 5 nitrogen and oxygen atoms in total. The van der Waals surface area contributed by atoms with E-state index in [1.54, 1.807) is 53.4 Å². The van der Waals surface area contributed by atoms with Crippen molar-refractivity contribution in [1.29, 1.82) is 0 Å². The third-order valence-electron chi connectivity index (χ3n) is 4.38. The van der Waals surface area contributed by atoms with Crippen molar-refractivity contribution in [1.82, 2.24) is 10.2 Å². The molecule has 1 aliphatic rings. The van der Waals surface area contributed by atoms with Gasteiger partial charge in [0.05, 0.1) is 12.1 Å². The van der Waals surface area contributed by atoms with E-state index in [0.717, 1.165) is 25.9 Å². The first kappa shape index (κ1) is 18.1. The van der Waals surface area contributed by atoms with Crippen LogP contribution in [0.15, 0.2) is 48.5 Å². The molecule has 6 heteroatoms. The summed E-state index contributed by atoms with van der Waals surface area (Å²) in [5.41, 5.74) is 0.991. The molecule has 0 spiro atoms. The fourth-order valence-corrected chi connectivity index (χ4v) is 3.09. The van der Waals surface area contributed by atoms with Gasteiger partial charge in [0, 0.05) is 29.2 Å². The van der Waals surface area contributed by atoms with E-state index in [0.29, 0.717) is 16.1 Å². The van der Waals surface area contributed by atoms with Gasteiger partial charge in [0.1, 0.15) is 0 Å². The molecule has 1 N–H and O–H groups in total. The Morgan fingerprint density at radius 3 is 2.19 bits per heavy atom. The van der Waals surface area contributed by atoms with Crippen LogP contribution in [-0.2, 0) is 4.79 Å². The van der Waals surface area contributed by atoms with Crippen LogP contribution in [0.4, 0.5) is 0 Å². The Bertz CT molecular complexity index is 827. The molecule has 0 atom stereocenters. The van der Waals surface area contributed by atoms with Gasteiger partial charge in [-0.1, -0.05) is 29.8 Å². The molecule has 134 valence electrons. The molecule has 0 saturated carbocycles. The summed E-state index contributed by atoms with van der Waals surface area (Å²) in [5, 5.41) is 3.16. The van der Waals surface area contributed by atoms with Crippen LogP contribution in [0.1, 0.15) is 39.1 Å². The Kier molecular flexibility index (Phi) is 5.68. The average Bonchev–Trinajstić information content (AvgIpc) is 3.21. The van der Waals surface area contributed by atoms with Gasteiger partial charge in [-0.15, -0.1) is 0 Å². The maximum atomic E-state index is 12.7. The zero-order valence-electron chi connectivity index (χ0n) is 14.2. The van der Waals surface area contributed by atoms with Gasteiger partial charge in [-0.2, -0.15) is 0 Å². The monoisotopic (exact) mass is 370 g/mol. The van der Waals surface area contributed by atoms with Crippen molar-refractivity contribution >= 4 is 29.2 Å². The van der Waals surface area contributed by atoms with Crippen molar-refractivity contribution in [3.63, 3.8) is 0 Å². The summed E-state index contributed by atoms with van der Waals surface area (Å²) in [6, 6.07) is 13.1. The molecule has 2 aromatic rings. The largest absolute Gasteiger partial charge is 0.343 e. The van der Waals surface area contributed by atoms with E-state index in [9.17, 15) is 14.4 Å². The third-order valence-corrected chi connectivity index (χ3v) is 4.63. The summed E-state index contributed by atoms with van der Waals surface area (Å²) < 4.78 is 0. The van der Waals surface area contributed by atoms with Crippen LogP contribution < -0.4 is 5.32 Å². The number of rotatable bonds is 5. The van der Waals surface area contributed by atoms with Crippen LogP contribution in [-0.4, -0.2) is 42.1 Å². The first-order valence-corrected chi connectivity index (χ1v) is 8.89. The SMILES string of the molecule is O=C(NCC(=O)N1CCCC1)c1ccccc1C(=O)c1ccc(Cl)cc1. The van der Waals surface area contributed by atoms with Crippen molar-refractivity contribution in [2.45, 2.75) is 12.8 Å². The van der Waals surface area contributed by atoms with Gasteiger partial charge in [0.2, 0.25) is 5.91 Å². The predicted octanol–water partition coefficient (Wildman–Crippen LogP) is 2.92. The van der Waals surface area contributed by atoms with Crippen molar-refractivity contribution in [3.8, 4) is 0 Å². The zero-order chi connectivity index (χ0) is 18.5. The quantitative estimate of drug-likeness (QED) is 0.823. The molecule has 26 heavy (non-hydrogen) atoms. The van der Waals surface area contributed by atoms with Gasteiger partial charge < -0.3 is 10.2 Å². The Balaban J connectivity index is 1.73. The summed E-state index contributed by atoms with van der Waals surface area (Å²) in [4.78, 5) is 39.1. The second-order valence-electron chi connectivity index (χ2n) is 6.15. The van der Waals surface area contributed by atoms with Gasteiger partial charge in [-0.05, 0) is 43.2 Å². The highest BCUT2D eigenvalue weighted by molar-refractivity contribution is 6.30. The molecule has 1 heterocycles. The fraction of sp³-hybridized carbons (Fsp3) is 0.250. The molecule has 1 saturated heterocycles. The molecule has 0 unspecified atom stereocenters. The first-order valence-electron chi connectivity index (χ1n) is 8.51. The fourth-order valence-electron chi connectivity index (χ4n) is 2.97. The van der Waals surface area contributed by atoms with Gasteiger partial charge in [-0.25, -0.2) is 0 Å². The minimum absolute atomic E-state index is 0.0672. The highest BCUT2D eigenvalue weighted by atomic mass is 35.5. The highest BCUT2D eigenvalue weighted by Gasteiger charge is 2.21. The Morgan fingerprint density at radius 1 is 0.923 bits per heavy atom. The number of nitrogens with zero attached hydrogens (tertiary/aromatic N) is 1. The Labute approximate surface area is 156 Å². The summed E-state index contributed by atoms with van der Waals surface area (Å²) in [6.07, 6.45) is 2.00. The number of amides is 2. The highest BCUT2D eigenvalue weighted by Crippen LogP contribution is 2.17. The van der Waals surface area contributed by atoms with Crippen LogP contribution in [0.5, 0.6) is 0 Å². The number of carbonyl (C=O) groups is 3. The molecule has 3 rings (SSSR count). The minimum atomic E-state index is -0.435. The molecule has 2 amide bonds. The molecule has 0 bridgehead atoms. The lowest BCUT2D eigenvalue weighted by atomic mass is 9.98. The maximum Gasteiger partial charge on any atom is 0.252 e. The zero-order valence-corrected chi connectivity index (χ0v) is 15.0. The summed E-state index contributed by atoms with van der Waals surface area (Å²) in [7, 11) is 0. The molecular weight excluding hydrogens is 352 g/mol. The van der Waals surface area contributed by atoms with Crippen LogP contribution in [0.25, 0.3) is 0 Å².